The SMILES string of the molecule is Cc1ccc(C(C#N)C(=O)c2ccc(F)cc2Br)cc1. The molecule has 1 atom stereocenters. The van der Waals surface area contributed by atoms with Crippen LogP contribution in [0.1, 0.15) is 27.4 Å². The number of carbonyl (C=O) groups is 1. The topological polar surface area (TPSA) is 40.9 Å². The van der Waals surface area contributed by atoms with E-state index in [0.717, 1.165) is 5.56 Å². The number of ketones is 1. The van der Waals surface area contributed by atoms with Crippen LogP contribution >= 0.6 is 15.9 Å². The Balaban J connectivity index is 2.39. The van der Waals surface area contributed by atoms with Crippen molar-refractivity contribution in [3.8, 4) is 6.07 Å². The summed E-state index contributed by atoms with van der Waals surface area (Å²) in [6.45, 7) is 1.93. The normalized spacial score (nSPS) is 11.7. The molecule has 2 aromatic rings. The van der Waals surface area contributed by atoms with Gasteiger partial charge in [0.05, 0.1) is 6.07 Å². The zero-order chi connectivity index (χ0) is 14.7. The van der Waals surface area contributed by atoms with Crippen LogP contribution < -0.4 is 0 Å². The number of nitrogens with zero attached hydrogens (tertiary/aromatic N) is 1. The van der Waals surface area contributed by atoms with Gasteiger partial charge in [0.2, 0.25) is 0 Å². The lowest BCUT2D eigenvalue weighted by Gasteiger charge is -2.10. The molecule has 0 N–H and O–H groups in total. The van der Waals surface area contributed by atoms with Gasteiger partial charge in [0.25, 0.3) is 0 Å². The summed E-state index contributed by atoms with van der Waals surface area (Å²) in [6.07, 6.45) is 0. The lowest BCUT2D eigenvalue weighted by Crippen LogP contribution is -2.12. The lowest BCUT2D eigenvalue weighted by atomic mass is 9.91. The third-order valence-electron chi connectivity index (χ3n) is 3.00. The van der Waals surface area contributed by atoms with Gasteiger partial charge >= 0.3 is 0 Å². The molecule has 0 aromatic heterocycles. The molecule has 0 saturated carbocycles. The molecule has 20 heavy (non-hydrogen) atoms. The molecule has 0 fully saturated rings. The molecule has 4 heteroatoms. The fraction of sp³-hybridized carbons (Fsp3) is 0.125. The van der Waals surface area contributed by atoms with Crippen molar-refractivity contribution >= 4 is 21.7 Å². The molecule has 0 amide bonds. The molecule has 0 bridgehead atoms. The summed E-state index contributed by atoms with van der Waals surface area (Å²) in [5.74, 6) is -1.67. The molecule has 0 aliphatic heterocycles. The Morgan fingerprint density at radius 2 is 1.90 bits per heavy atom. The van der Waals surface area contributed by atoms with Crippen molar-refractivity contribution in [1.29, 1.82) is 5.26 Å². The van der Waals surface area contributed by atoms with Gasteiger partial charge in [0, 0.05) is 10.0 Å². The van der Waals surface area contributed by atoms with E-state index in [2.05, 4.69) is 15.9 Å². The standard InChI is InChI=1S/C16H11BrFNO/c1-10-2-4-11(5-3-10)14(9-19)16(20)13-7-6-12(18)8-15(13)17/h2-8,14H,1H3. The number of halogens is 2. The molecule has 0 saturated heterocycles. The van der Waals surface area contributed by atoms with E-state index in [4.69, 9.17) is 0 Å². The van der Waals surface area contributed by atoms with Crippen LogP contribution in [0.4, 0.5) is 4.39 Å². The molecule has 0 spiro atoms. The molecular weight excluding hydrogens is 321 g/mol. The van der Waals surface area contributed by atoms with Crippen molar-refractivity contribution in [2.75, 3.05) is 0 Å². The third kappa shape index (κ3) is 2.94. The molecule has 2 aromatic carbocycles. The van der Waals surface area contributed by atoms with Crippen molar-refractivity contribution in [3.63, 3.8) is 0 Å². The second-order valence-electron chi connectivity index (χ2n) is 4.46. The second kappa shape index (κ2) is 5.98. The highest BCUT2D eigenvalue weighted by molar-refractivity contribution is 9.10. The van der Waals surface area contributed by atoms with E-state index in [1.54, 1.807) is 12.1 Å². The van der Waals surface area contributed by atoms with Gasteiger partial charge in [-0.05, 0) is 46.6 Å². The number of nitriles is 1. The van der Waals surface area contributed by atoms with Crippen molar-refractivity contribution in [2.45, 2.75) is 12.8 Å². The molecule has 0 aliphatic rings. The molecule has 1 unspecified atom stereocenters. The van der Waals surface area contributed by atoms with E-state index in [9.17, 15) is 14.4 Å². The van der Waals surface area contributed by atoms with Crippen LogP contribution in [0.25, 0.3) is 0 Å². The number of hydrogen-bond donors (Lipinski definition) is 0. The van der Waals surface area contributed by atoms with E-state index in [1.165, 1.54) is 18.2 Å². The first-order chi connectivity index (χ1) is 9.52. The van der Waals surface area contributed by atoms with Crippen molar-refractivity contribution in [3.05, 3.63) is 69.4 Å². The Hall–Kier alpha value is -1.99. The van der Waals surface area contributed by atoms with Crippen LogP contribution in [0.3, 0.4) is 0 Å². The number of rotatable bonds is 3. The van der Waals surface area contributed by atoms with Crippen molar-refractivity contribution < 1.29 is 9.18 Å². The van der Waals surface area contributed by atoms with Crippen molar-refractivity contribution in [1.82, 2.24) is 0 Å². The zero-order valence-electron chi connectivity index (χ0n) is 10.7. The van der Waals surface area contributed by atoms with Crippen LogP contribution in [0.15, 0.2) is 46.9 Å². The maximum atomic E-state index is 13.1. The van der Waals surface area contributed by atoms with E-state index in [-0.39, 0.29) is 5.78 Å². The first kappa shape index (κ1) is 14.4. The van der Waals surface area contributed by atoms with Gasteiger partial charge in [0.15, 0.2) is 5.78 Å². The average Bonchev–Trinajstić information content (AvgIpc) is 2.41. The van der Waals surface area contributed by atoms with Crippen LogP contribution in [0.2, 0.25) is 0 Å². The molecule has 2 rings (SSSR count). The predicted octanol–water partition coefficient (Wildman–Crippen LogP) is 4.39. The van der Waals surface area contributed by atoms with Gasteiger partial charge < -0.3 is 0 Å². The lowest BCUT2D eigenvalue weighted by molar-refractivity contribution is 0.0978. The number of hydrogen-bond acceptors (Lipinski definition) is 2. The van der Waals surface area contributed by atoms with Gasteiger partial charge in [-0.2, -0.15) is 5.26 Å². The third-order valence-corrected chi connectivity index (χ3v) is 3.65. The monoisotopic (exact) mass is 331 g/mol. The Kier molecular flexibility index (Phi) is 4.31. The number of aryl methyl sites for hydroxylation is 1. The summed E-state index contributed by atoms with van der Waals surface area (Å²) in [4.78, 5) is 12.4. The second-order valence-corrected chi connectivity index (χ2v) is 5.32. The Morgan fingerprint density at radius 3 is 2.45 bits per heavy atom. The van der Waals surface area contributed by atoms with E-state index in [1.807, 2.05) is 25.1 Å². The molecule has 0 heterocycles. The number of carbonyl (C=O) groups excluding carboxylic acids is 1. The highest BCUT2D eigenvalue weighted by Gasteiger charge is 2.23. The van der Waals surface area contributed by atoms with Crippen LogP contribution in [0.5, 0.6) is 0 Å². The smallest absolute Gasteiger partial charge is 0.185 e. The Morgan fingerprint density at radius 1 is 1.25 bits per heavy atom. The van der Waals surface area contributed by atoms with E-state index >= 15 is 0 Å². The van der Waals surface area contributed by atoms with Gasteiger partial charge in [-0.15, -0.1) is 0 Å². The summed E-state index contributed by atoms with van der Waals surface area (Å²) in [6, 6.07) is 13.1. The fourth-order valence-electron chi connectivity index (χ4n) is 1.89. The van der Waals surface area contributed by atoms with Gasteiger partial charge in [-0.25, -0.2) is 4.39 Å². The van der Waals surface area contributed by atoms with Crippen molar-refractivity contribution in [2.24, 2.45) is 0 Å². The predicted molar refractivity (Wildman–Crippen MR) is 78.0 cm³/mol. The van der Waals surface area contributed by atoms with E-state index in [0.29, 0.717) is 15.6 Å². The largest absolute Gasteiger partial charge is 0.292 e. The molecule has 0 aliphatic carbocycles. The molecule has 100 valence electrons. The first-order valence-corrected chi connectivity index (χ1v) is 6.77. The minimum absolute atomic E-state index is 0.304. The van der Waals surface area contributed by atoms with Crippen LogP contribution in [-0.4, -0.2) is 5.78 Å². The first-order valence-electron chi connectivity index (χ1n) is 5.98. The van der Waals surface area contributed by atoms with E-state index < -0.39 is 11.7 Å². The number of benzene rings is 2. The Bertz CT molecular complexity index is 689. The number of Topliss-reactive ketones (excluding diaryl/α,β-unsaturated/α-hetero) is 1. The molecule has 0 radical (unpaired) electrons. The van der Waals surface area contributed by atoms with Crippen LogP contribution in [-0.2, 0) is 0 Å². The summed E-state index contributed by atoms with van der Waals surface area (Å²) in [7, 11) is 0. The summed E-state index contributed by atoms with van der Waals surface area (Å²) in [5.41, 5.74) is 2.00. The Labute approximate surface area is 125 Å². The maximum Gasteiger partial charge on any atom is 0.185 e. The fourth-order valence-corrected chi connectivity index (χ4v) is 2.43. The highest BCUT2D eigenvalue weighted by atomic mass is 79.9. The summed E-state index contributed by atoms with van der Waals surface area (Å²) >= 11 is 3.16. The van der Waals surface area contributed by atoms with Gasteiger partial charge in [-0.1, -0.05) is 29.8 Å². The molecule has 2 nitrogen and oxygen atoms in total. The minimum Gasteiger partial charge on any atom is -0.292 e. The van der Waals surface area contributed by atoms with Gasteiger partial charge in [0.1, 0.15) is 11.7 Å². The van der Waals surface area contributed by atoms with Gasteiger partial charge in [-0.3, -0.25) is 4.79 Å². The summed E-state index contributed by atoms with van der Waals surface area (Å²) < 4.78 is 13.4. The zero-order valence-corrected chi connectivity index (χ0v) is 12.3. The minimum atomic E-state index is -0.891. The quantitative estimate of drug-likeness (QED) is 0.783. The summed E-state index contributed by atoms with van der Waals surface area (Å²) in [5, 5.41) is 9.27. The average molecular weight is 332 g/mol. The molecular formula is C16H11BrFNO. The maximum absolute atomic E-state index is 13.1. The van der Waals surface area contributed by atoms with Crippen LogP contribution in [0, 0.1) is 24.1 Å². The highest BCUT2D eigenvalue weighted by Crippen LogP contribution is 2.26.